The van der Waals surface area contributed by atoms with Crippen LogP contribution >= 0.6 is 39.1 Å². The minimum Gasteiger partial charge on any atom is -0.324 e. The smallest absolute Gasteiger partial charge is 0.210 e. The van der Waals surface area contributed by atoms with Crippen molar-refractivity contribution < 1.29 is 0 Å². The third kappa shape index (κ3) is 4.03. The van der Waals surface area contributed by atoms with E-state index in [0.717, 1.165) is 4.47 Å². The summed E-state index contributed by atoms with van der Waals surface area (Å²) < 4.78 is 0.734. The zero-order chi connectivity index (χ0) is 13.0. The van der Waals surface area contributed by atoms with Gasteiger partial charge >= 0.3 is 0 Å². The number of nitrogens with two attached hydrogens (primary N) is 1. The van der Waals surface area contributed by atoms with Crippen LogP contribution in [0.2, 0.25) is 10.0 Å². The third-order valence-corrected chi connectivity index (χ3v) is 3.58. The second-order valence-electron chi connectivity index (χ2n) is 3.56. The molecule has 4 N–H and O–H groups in total. The van der Waals surface area contributed by atoms with Crippen LogP contribution in [0.1, 0.15) is 13.8 Å². The topological polar surface area (TPSA) is 62.4 Å². The zero-order valence-corrected chi connectivity index (χ0v) is 12.5. The first-order valence-electron chi connectivity index (χ1n) is 4.90. The summed E-state index contributed by atoms with van der Waals surface area (Å²) in [7, 11) is 0. The molecule has 0 aromatic heterocycles. The first-order valence-corrected chi connectivity index (χ1v) is 6.45. The Morgan fingerprint density at radius 2 is 2.00 bits per heavy atom. The molecule has 0 saturated carbocycles. The average molecular weight is 340 g/mol. The highest BCUT2D eigenvalue weighted by molar-refractivity contribution is 9.10. The van der Waals surface area contributed by atoms with Gasteiger partial charge in [-0.25, -0.2) is 10.8 Å². The van der Waals surface area contributed by atoms with Crippen molar-refractivity contribution in [3.05, 3.63) is 26.7 Å². The number of aliphatic imine (C=N–C) groups is 1. The molecule has 1 aromatic carbocycles. The van der Waals surface area contributed by atoms with E-state index in [9.17, 15) is 0 Å². The summed E-state index contributed by atoms with van der Waals surface area (Å²) in [5.74, 6) is 5.79. The van der Waals surface area contributed by atoms with Crippen molar-refractivity contribution in [3.8, 4) is 0 Å². The quantitative estimate of drug-likeness (QED) is 0.254. The van der Waals surface area contributed by atoms with Gasteiger partial charge in [-0.05, 0) is 41.9 Å². The van der Waals surface area contributed by atoms with E-state index in [4.69, 9.17) is 29.0 Å². The van der Waals surface area contributed by atoms with Crippen LogP contribution in [0, 0.1) is 0 Å². The highest BCUT2D eigenvalue weighted by Crippen LogP contribution is 2.35. The Morgan fingerprint density at radius 1 is 1.35 bits per heavy atom. The minimum absolute atomic E-state index is 0.109. The Labute approximate surface area is 119 Å². The second kappa shape index (κ2) is 6.44. The standard InChI is InChI=1S/C10H13BrCl2N4/c1-5(2)15-10(17-14)16-7-4-3-6(11)8(12)9(7)13/h3-5H,14H2,1-2H3,(H2,15,16,17). The lowest BCUT2D eigenvalue weighted by molar-refractivity contribution is 0.819. The Kier molecular flexibility index (Phi) is 5.52. The molecule has 0 heterocycles. The molecule has 1 rings (SSSR count). The van der Waals surface area contributed by atoms with Crippen molar-refractivity contribution in [1.82, 2.24) is 5.43 Å². The molecule has 17 heavy (non-hydrogen) atoms. The van der Waals surface area contributed by atoms with Gasteiger partial charge < -0.3 is 5.32 Å². The molecule has 0 aliphatic heterocycles. The lowest BCUT2D eigenvalue weighted by Gasteiger charge is -2.13. The fraction of sp³-hybridized carbons (Fsp3) is 0.300. The lowest BCUT2D eigenvalue weighted by Crippen LogP contribution is -2.37. The molecule has 7 heteroatoms. The summed E-state index contributed by atoms with van der Waals surface area (Å²) in [6.07, 6.45) is 0. The molecule has 4 nitrogen and oxygen atoms in total. The molecule has 0 unspecified atom stereocenters. The maximum Gasteiger partial charge on any atom is 0.210 e. The number of anilines is 1. The Hall–Kier alpha value is -0.490. The van der Waals surface area contributed by atoms with Crippen LogP contribution < -0.4 is 16.6 Å². The first-order chi connectivity index (χ1) is 7.95. The summed E-state index contributed by atoms with van der Waals surface area (Å²) in [6.45, 7) is 3.88. The van der Waals surface area contributed by atoms with Gasteiger partial charge in [-0.3, -0.25) is 5.43 Å². The van der Waals surface area contributed by atoms with Gasteiger partial charge in [0.1, 0.15) is 0 Å². The molecule has 0 aliphatic carbocycles. The van der Waals surface area contributed by atoms with E-state index in [0.29, 0.717) is 21.7 Å². The van der Waals surface area contributed by atoms with Gasteiger partial charge in [0, 0.05) is 10.5 Å². The van der Waals surface area contributed by atoms with Crippen molar-refractivity contribution in [2.75, 3.05) is 5.32 Å². The molecule has 0 amide bonds. The van der Waals surface area contributed by atoms with Gasteiger partial charge in [0.2, 0.25) is 5.96 Å². The summed E-state index contributed by atoms with van der Waals surface area (Å²) in [5, 5.41) is 3.83. The van der Waals surface area contributed by atoms with Gasteiger partial charge in [-0.1, -0.05) is 23.2 Å². The molecule has 0 aliphatic rings. The van der Waals surface area contributed by atoms with Gasteiger partial charge in [0.25, 0.3) is 0 Å². The van der Waals surface area contributed by atoms with Crippen LogP contribution in [-0.2, 0) is 0 Å². The van der Waals surface area contributed by atoms with Crippen molar-refractivity contribution in [1.29, 1.82) is 0 Å². The van der Waals surface area contributed by atoms with Crippen LogP contribution in [0.15, 0.2) is 21.6 Å². The fourth-order valence-electron chi connectivity index (χ4n) is 1.11. The van der Waals surface area contributed by atoms with E-state index < -0.39 is 0 Å². The summed E-state index contributed by atoms with van der Waals surface area (Å²) in [5.41, 5.74) is 3.10. The molecule has 0 saturated heterocycles. The molecule has 94 valence electrons. The van der Waals surface area contributed by atoms with Crippen molar-refractivity contribution in [2.45, 2.75) is 19.9 Å². The number of benzene rings is 1. The van der Waals surface area contributed by atoms with Gasteiger partial charge in [-0.15, -0.1) is 0 Å². The number of guanidine groups is 1. The first kappa shape index (κ1) is 14.6. The van der Waals surface area contributed by atoms with Gasteiger partial charge in [-0.2, -0.15) is 0 Å². The molecular formula is C10H13BrCl2N4. The molecule has 0 fully saturated rings. The Morgan fingerprint density at radius 3 is 2.53 bits per heavy atom. The number of rotatable bonds is 2. The maximum atomic E-state index is 6.09. The SMILES string of the molecule is CC(C)N=C(NN)Nc1ccc(Br)c(Cl)c1Cl. The van der Waals surface area contributed by atoms with Crippen LogP contribution in [0.5, 0.6) is 0 Å². The van der Waals surface area contributed by atoms with Gasteiger partial charge in [0.05, 0.1) is 15.7 Å². The van der Waals surface area contributed by atoms with Crippen LogP contribution in [0.3, 0.4) is 0 Å². The van der Waals surface area contributed by atoms with E-state index >= 15 is 0 Å². The number of hydrogen-bond acceptors (Lipinski definition) is 2. The van der Waals surface area contributed by atoms with Crippen LogP contribution in [0.4, 0.5) is 5.69 Å². The zero-order valence-electron chi connectivity index (χ0n) is 9.39. The molecular weight excluding hydrogens is 327 g/mol. The number of hydrogen-bond donors (Lipinski definition) is 3. The molecule has 0 spiro atoms. The molecule has 0 atom stereocenters. The van der Waals surface area contributed by atoms with Crippen molar-refractivity contribution in [2.24, 2.45) is 10.8 Å². The largest absolute Gasteiger partial charge is 0.324 e. The Bertz CT molecular complexity index is 435. The van der Waals surface area contributed by atoms with E-state index in [-0.39, 0.29) is 6.04 Å². The minimum atomic E-state index is 0.109. The molecule has 0 radical (unpaired) electrons. The van der Waals surface area contributed by atoms with Crippen molar-refractivity contribution >= 4 is 50.8 Å². The average Bonchev–Trinajstić information content (AvgIpc) is 2.28. The third-order valence-electron chi connectivity index (χ3n) is 1.81. The van der Waals surface area contributed by atoms with Crippen molar-refractivity contribution in [3.63, 3.8) is 0 Å². The fourth-order valence-corrected chi connectivity index (χ4v) is 1.94. The predicted octanol–water partition coefficient (Wildman–Crippen LogP) is 3.40. The number of hydrazine groups is 1. The molecule has 0 bridgehead atoms. The normalized spacial score (nSPS) is 11.8. The highest BCUT2D eigenvalue weighted by Gasteiger charge is 2.09. The predicted molar refractivity (Wildman–Crippen MR) is 77.7 cm³/mol. The van der Waals surface area contributed by atoms with E-state index in [2.05, 4.69) is 31.7 Å². The van der Waals surface area contributed by atoms with Crippen LogP contribution in [-0.4, -0.2) is 12.0 Å². The summed E-state index contributed by atoms with van der Waals surface area (Å²) in [6, 6.07) is 3.68. The van der Waals surface area contributed by atoms with Crippen LogP contribution in [0.25, 0.3) is 0 Å². The number of nitrogens with one attached hydrogen (secondary N) is 2. The van der Waals surface area contributed by atoms with Gasteiger partial charge in [0.15, 0.2) is 0 Å². The monoisotopic (exact) mass is 338 g/mol. The summed E-state index contributed by atoms with van der Waals surface area (Å²) >= 11 is 15.4. The molecule has 1 aromatic rings. The Balaban J connectivity index is 2.99. The number of nitrogens with zero attached hydrogens (tertiary/aromatic N) is 1. The number of halogens is 3. The maximum absolute atomic E-state index is 6.09. The van der Waals surface area contributed by atoms with E-state index in [1.165, 1.54) is 0 Å². The highest BCUT2D eigenvalue weighted by atomic mass is 79.9. The lowest BCUT2D eigenvalue weighted by atomic mass is 10.3. The second-order valence-corrected chi connectivity index (χ2v) is 5.17. The van der Waals surface area contributed by atoms with E-state index in [1.54, 1.807) is 12.1 Å². The summed E-state index contributed by atoms with van der Waals surface area (Å²) in [4.78, 5) is 4.24. The van der Waals surface area contributed by atoms with E-state index in [1.807, 2.05) is 13.8 Å².